The van der Waals surface area contributed by atoms with Crippen LogP contribution in [-0.4, -0.2) is 56.2 Å². The molecule has 0 N–H and O–H groups in total. The van der Waals surface area contributed by atoms with Crippen molar-refractivity contribution in [1.82, 2.24) is 37.9 Å². The highest BCUT2D eigenvalue weighted by Crippen LogP contribution is 2.41. The molecule has 10 nitrogen and oxygen atoms in total. The van der Waals surface area contributed by atoms with Gasteiger partial charge in [0.25, 0.3) is 0 Å². The lowest BCUT2D eigenvalue weighted by Crippen LogP contribution is -2.41. The predicted molar refractivity (Wildman–Crippen MR) is 426 cm³/mol. The molecule has 0 saturated carbocycles. The van der Waals surface area contributed by atoms with Crippen LogP contribution >= 0.6 is 15.9 Å². The van der Waals surface area contributed by atoms with Gasteiger partial charge < -0.3 is 9.31 Å². The Morgan fingerprint density at radius 3 is 1.16 bits per heavy atom. The molecule has 0 amide bonds. The molecule has 0 radical (unpaired) electrons. The molecule has 1 aliphatic rings. The number of pyridine rings is 2. The molecule has 20 aromatic rings. The standard InChI is InChI=1S/C42H26N4.C25H23BN2O2.C23H15BrN2/c1-2-10-32(11-3-1)45-39-16-8-5-13-36(39)43-41(45)31-21-20-27-24-28(18-19-29(27)25-31)30-22-23-33-34-12-4-7-15-38(34)46-40-17-9-6-14-37(40)44-42(46)35(33)26-30;1-24(2)25(3,4)30-26(29-24)16-13-14-17-18-9-5-7-11-21(18)28-22-12-8-6-10-20(22)27-23(28)19(17)15-16;24-19-13-12-16-14-18(11-10-17(16)15-19)23-25-21-8-4-5-9-22(21)26(23)20-6-2-1-3-7-20/h1-26H;5-15H,1-4H3;1-15H. The summed E-state index contributed by atoms with van der Waals surface area (Å²) in [5.41, 5.74) is 19.8. The topological polar surface area (TPSA) is 88.7 Å². The zero-order valence-electron chi connectivity index (χ0n) is 56.4. The van der Waals surface area contributed by atoms with Crippen LogP contribution in [0.2, 0.25) is 0 Å². The first-order valence-electron chi connectivity index (χ1n) is 34.5. The fraction of sp³-hybridized carbons (Fsp3) is 0.0667. The van der Waals surface area contributed by atoms with Crippen LogP contribution in [-0.2, 0) is 9.31 Å². The minimum Gasteiger partial charge on any atom is -0.399 e. The normalized spacial score (nSPS) is 13.6. The summed E-state index contributed by atoms with van der Waals surface area (Å²) in [5, 5.41) is 11.9. The maximum Gasteiger partial charge on any atom is 0.494 e. The molecule has 14 aromatic carbocycles. The van der Waals surface area contributed by atoms with Crippen molar-refractivity contribution in [3.63, 3.8) is 0 Å². The monoisotopic (exact) mass is 1380 g/mol. The van der Waals surface area contributed by atoms with Gasteiger partial charge in [0, 0.05) is 48.5 Å². The second kappa shape index (κ2) is 24.1. The molecule has 0 atom stereocenters. The number of nitrogens with zero attached hydrogens (tertiary/aromatic N) is 8. The lowest BCUT2D eigenvalue weighted by Gasteiger charge is -2.32. The van der Waals surface area contributed by atoms with Crippen molar-refractivity contribution in [1.29, 1.82) is 0 Å². The summed E-state index contributed by atoms with van der Waals surface area (Å²) in [6.07, 6.45) is 0. The van der Waals surface area contributed by atoms with E-state index in [4.69, 9.17) is 29.2 Å². The van der Waals surface area contributed by atoms with Crippen LogP contribution < -0.4 is 5.46 Å². The van der Waals surface area contributed by atoms with Gasteiger partial charge in [0.2, 0.25) is 0 Å². The third kappa shape index (κ3) is 10.2. The van der Waals surface area contributed by atoms with Crippen LogP contribution in [0.15, 0.2) is 320 Å². The summed E-state index contributed by atoms with van der Waals surface area (Å²) in [7, 11) is -0.393. The van der Waals surface area contributed by atoms with Crippen LogP contribution in [0.4, 0.5) is 0 Å². The van der Waals surface area contributed by atoms with E-state index in [1.54, 1.807) is 0 Å². The van der Waals surface area contributed by atoms with E-state index in [1.807, 2.05) is 30.3 Å². The quantitative estimate of drug-likeness (QED) is 0.122. The SMILES string of the molecule is Brc1ccc2cc(-c3nc4ccccc4n3-c3ccccc3)ccc2c1.CC1(C)OB(c2ccc3c4ccccc4n4c5ccccc5nc4c3c2)OC1(C)C.c1ccc(-n2c(-c3ccc4cc(-c5ccc6c7ccccc7n7c8ccccc8nc7c6c5)ccc4c3)nc3ccccc32)cc1. The first-order valence-corrected chi connectivity index (χ1v) is 35.3. The average molecular weight is 1380 g/mol. The number of benzene rings is 14. The van der Waals surface area contributed by atoms with Crippen LogP contribution in [0.5, 0.6) is 0 Å². The molecule has 1 saturated heterocycles. The molecule has 0 spiro atoms. The summed E-state index contributed by atoms with van der Waals surface area (Å²) in [4.78, 5) is 20.1. The van der Waals surface area contributed by atoms with Crippen LogP contribution in [0.3, 0.4) is 0 Å². The first kappa shape index (κ1) is 61.1. The fourth-order valence-corrected chi connectivity index (χ4v) is 15.4. The Hall–Kier alpha value is -12.1. The summed E-state index contributed by atoms with van der Waals surface area (Å²) in [6.45, 7) is 8.34. The number of hydrogen-bond acceptors (Lipinski definition) is 6. The van der Waals surface area contributed by atoms with Gasteiger partial charge in [-0.3, -0.25) is 17.9 Å². The number of rotatable bonds is 6. The highest BCUT2D eigenvalue weighted by atomic mass is 79.9. The number of halogens is 1. The first-order chi connectivity index (χ1) is 49.9. The highest BCUT2D eigenvalue weighted by Gasteiger charge is 2.51. The maximum atomic E-state index is 6.31. The molecular formula is C90H64BBrN8O2. The predicted octanol–water partition coefficient (Wildman–Crippen LogP) is 22.3. The van der Waals surface area contributed by atoms with Crippen molar-refractivity contribution < 1.29 is 9.31 Å². The lowest BCUT2D eigenvalue weighted by atomic mass is 9.78. The summed E-state index contributed by atoms with van der Waals surface area (Å²) in [5.74, 6) is 1.90. The van der Waals surface area contributed by atoms with Gasteiger partial charge in [-0.05, 0) is 198 Å². The van der Waals surface area contributed by atoms with Gasteiger partial charge in [-0.15, -0.1) is 0 Å². The molecule has 1 fully saturated rings. The smallest absolute Gasteiger partial charge is 0.399 e. The van der Waals surface area contributed by atoms with Crippen molar-refractivity contribution in [2.24, 2.45) is 0 Å². The molecule has 486 valence electrons. The molecule has 6 aromatic heterocycles. The van der Waals surface area contributed by atoms with E-state index in [2.05, 4.69) is 347 Å². The molecule has 0 aliphatic carbocycles. The Balaban J connectivity index is 0.000000112. The molecule has 7 heterocycles. The van der Waals surface area contributed by atoms with Crippen molar-refractivity contribution in [3.05, 3.63) is 320 Å². The zero-order valence-corrected chi connectivity index (χ0v) is 58.0. The zero-order chi connectivity index (χ0) is 68.4. The molecular weight excluding hydrogens is 1320 g/mol. The lowest BCUT2D eigenvalue weighted by molar-refractivity contribution is 0.00578. The van der Waals surface area contributed by atoms with Gasteiger partial charge in [-0.25, -0.2) is 19.9 Å². The van der Waals surface area contributed by atoms with E-state index >= 15 is 0 Å². The van der Waals surface area contributed by atoms with Crippen LogP contribution in [0, 0.1) is 0 Å². The molecule has 0 bridgehead atoms. The molecule has 0 unspecified atom stereocenters. The van der Waals surface area contributed by atoms with Crippen molar-refractivity contribution >= 4 is 149 Å². The van der Waals surface area contributed by atoms with Crippen molar-refractivity contribution in [2.75, 3.05) is 0 Å². The van der Waals surface area contributed by atoms with E-state index in [0.29, 0.717) is 0 Å². The number of fused-ring (bicyclic) bond motifs is 20. The van der Waals surface area contributed by atoms with Crippen molar-refractivity contribution in [3.8, 4) is 45.3 Å². The number of aromatic nitrogens is 8. The summed E-state index contributed by atoms with van der Waals surface area (Å²) in [6, 6.07) is 111. The fourth-order valence-electron chi connectivity index (χ4n) is 15.0. The van der Waals surface area contributed by atoms with E-state index in [0.717, 1.165) is 116 Å². The Kier molecular flexibility index (Phi) is 14.4. The van der Waals surface area contributed by atoms with E-state index in [-0.39, 0.29) is 11.2 Å². The maximum absolute atomic E-state index is 6.31. The van der Waals surface area contributed by atoms with Gasteiger partial charge >= 0.3 is 7.12 Å². The van der Waals surface area contributed by atoms with E-state index < -0.39 is 7.12 Å². The highest BCUT2D eigenvalue weighted by molar-refractivity contribution is 9.10. The summed E-state index contributed by atoms with van der Waals surface area (Å²) >= 11 is 3.54. The average Bonchev–Trinajstić information content (AvgIpc) is 1.42. The third-order valence-electron chi connectivity index (χ3n) is 20.7. The molecule has 21 rings (SSSR count). The van der Waals surface area contributed by atoms with Gasteiger partial charge in [0.05, 0.1) is 66.4 Å². The third-order valence-corrected chi connectivity index (χ3v) is 21.2. The van der Waals surface area contributed by atoms with Gasteiger partial charge in [0.1, 0.15) is 22.9 Å². The largest absolute Gasteiger partial charge is 0.494 e. The Bertz CT molecular complexity index is 6740. The molecule has 1 aliphatic heterocycles. The van der Waals surface area contributed by atoms with Crippen LogP contribution in [0.25, 0.3) is 166 Å². The minimum absolute atomic E-state index is 0.368. The number of hydrogen-bond donors (Lipinski definition) is 0. The molecule has 12 heteroatoms. The Labute approximate surface area is 596 Å². The summed E-state index contributed by atoms with van der Waals surface area (Å²) < 4.78 is 22.8. The van der Waals surface area contributed by atoms with Gasteiger partial charge in [0.15, 0.2) is 0 Å². The number of imidazole rings is 4. The van der Waals surface area contributed by atoms with Gasteiger partial charge in [-0.1, -0.05) is 210 Å². The Morgan fingerprint density at radius 2 is 0.657 bits per heavy atom. The van der Waals surface area contributed by atoms with Gasteiger partial charge in [-0.2, -0.15) is 0 Å². The second-order valence-electron chi connectivity index (χ2n) is 27.4. The molecule has 102 heavy (non-hydrogen) atoms. The minimum atomic E-state index is -0.393. The number of para-hydroxylation sites is 12. The van der Waals surface area contributed by atoms with E-state index in [9.17, 15) is 0 Å². The van der Waals surface area contributed by atoms with E-state index in [1.165, 1.54) is 59.7 Å². The Morgan fingerprint density at radius 1 is 0.294 bits per heavy atom. The second-order valence-corrected chi connectivity index (χ2v) is 28.3. The van der Waals surface area contributed by atoms with Crippen molar-refractivity contribution in [2.45, 2.75) is 38.9 Å². The van der Waals surface area contributed by atoms with Crippen LogP contribution in [0.1, 0.15) is 27.7 Å².